The largest absolute Gasteiger partial charge is 0.497 e. The van der Waals surface area contributed by atoms with Crippen molar-refractivity contribution in [2.75, 3.05) is 26.7 Å². The topological polar surface area (TPSA) is 79.9 Å². The molecule has 1 aliphatic heterocycles. The van der Waals surface area contributed by atoms with Crippen LogP contribution >= 0.6 is 0 Å². The monoisotopic (exact) mass is 467 g/mol. The van der Waals surface area contributed by atoms with E-state index in [0.717, 1.165) is 24.4 Å². The summed E-state index contributed by atoms with van der Waals surface area (Å²) in [5, 5.41) is 5.85. The number of carbonyl (C=O) groups excluding carboxylic acids is 2. The van der Waals surface area contributed by atoms with E-state index in [0.29, 0.717) is 18.7 Å². The first-order valence-electron chi connectivity index (χ1n) is 12.0. The van der Waals surface area contributed by atoms with Crippen molar-refractivity contribution in [1.82, 2.24) is 15.5 Å². The number of ether oxygens (including phenoxy) is 2. The molecule has 7 heteroatoms. The Balaban J connectivity index is 1.58. The highest BCUT2D eigenvalue weighted by Crippen LogP contribution is 2.26. The molecule has 2 N–H and O–H groups in total. The molecule has 0 radical (unpaired) electrons. The number of nitrogens with zero attached hydrogens (tertiary/aromatic N) is 1. The second-order valence-corrected chi connectivity index (χ2v) is 9.65. The Morgan fingerprint density at radius 3 is 2.18 bits per heavy atom. The lowest BCUT2D eigenvalue weighted by Gasteiger charge is -2.35. The molecule has 1 heterocycles. The summed E-state index contributed by atoms with van der Waals surface area (Å²) in [6.45, 7) is 8.41. The molecular formula is C27H37N3O4. The second-order valence-electron chi connectivity index (χ2n) is 9.65. The minimum Gasteiger partial charge on any atom is -0.497 e. The van der Waals surface area contributed by atoms with Crippen molar-refractivity contribution in [3.63, 3.8) is 0 Å². The van der Waals surface area contributed by atoms with Crippen LogP contribution in [0.1, 0.15) is 67.6 Å². The Labute approximate surface area is 202 Å². The molecule has 0 aliphatic carbocycles. The van der Waals surface area contributed by atoms with E-state index in [4.69, 9.17) is 9.47 Å². The van der Waals surface area contributed by atoms with Crippen LogP contribution in [-0.2, 0) is 11.3 Å². The standard InChI is InChI=1S/C27H37N3O4/c1-27(2,3)34-26(32)29-18-20-8-10-22(11-9-20)25(31)28-19-24(30-16-6-5-7-17-30)21-12-14-23(33-4)15-13-21/h8-15,24H,5-7,16-19H2,1-4H3,(H,28,31)(H,29,32). The SMILES string of the molecule is COc1ccc(C(CNC(=O)c2ccc(CNC(=O)OC(C)(C)C)cc2)N2CCCCC2)cc1. The van der Waals surface area contributed by atoms with Gasteiger partial charge in [-0.1, -0.05) is 30.7 Å². The molecule has 7 nitrogen and oxygen atoms in total. The number of amides is 2. The third-order valence-electron chi connectivity index (χ3n) is 5.84. The average molecular weight is 468 g/mol. The van der Waals surface area contributed by atoms with Crippen molar-refractivity contribution in [1.29, 1.82) is 0 Å². The molecule has 0 bridgehead atoms. The number of carbonyl (C=O) groups is 2. The Morgan fingerprint density at radius 2 is 1.59 bits per heavy atom. The fraction of sp³-hybridized carbons (Fsp3) is 0.481. The van der Waals surface area contributed by atoms with Gasteiger partial charge in [0.25, 0.3) is 5.91 Å². The Bertz CT molecular complexity index is 930. The van der Waals surface area contributed by atoms with Crippen molar-refractivity contribution >= 4 is 12.0 Å². The van der Waals surface area contributed by atoms with E-state index in [-0.39, 0.29) is 11.9 Å². The molecule has 184 valence electrons. The summed E-state index contributed by atoms with van der Waals surface area (Å²) in [5.41, 5.74) is 2.12. The molecule has 1 unspecified atom stereocenters. The fourth-order valence-corrected chi connectivity index (χ4v) is 4.07. The summed E-state index contributed by atoms with van der Waals surface area (Å²) in [6, 6.07) is 15.5. The lowest BCUT2D eigenvalue weighted by molar-refractivity contribution is 0.0523. The van der Waals surface area contributed by atoms with Gasteiger partial charge < -0.3 is 20.1 Å². The van der Waals surface area contributed by atoms with Crippen LogP contribution in [-0.4, -0.2) is 49.2 Å². The first-order valence-corrected chi connectivity index (χ1v) is 12.0. The van der Waals surface area contributed by atoms with Gasteiger partial charge in [0.15, 0.2) is 0 Å². The van der Waals surface area contributed by atoms with Crippen LogP contribution in [0.15, 0.2) is 48.5 Å². The summed E-state index contributed by atoms with van der Waals surface area (Å²) < 4.78 is 10.5. The van der Waals surface area contributed by atoms with E-state index in [9.17, 15) is 9.59 Å². The molecule has 1 fully saturated rings. The molecule has 0 saturated carbocycles. The van der Waals surface area contributed by atoms with Crippen LogP contribution in [0.5, 0.6) is 5.75 Å². The molecule has 1 aliphatic rings. The molecule has 0 aromatic heterocycles. The second kappa shape index (κ2) is 11.9. The van der Waals surface area contributed by atoms with E-state index in [1.54, 1.807) is 19.2 Å². The van der Waals surface area contributed by atoms with Gasteiger partial charge in [-0.2, -0.15) is 0 Å². The first kappa shape index (κ1) is 25.6. The van der Waals surface area contributed by atoms with Crippen LogP contribution in [0.25, 0.3) is 0 Å². The summed E-state index contributed by atoms with van der Waals surface area (Å²) >= 11 is 0. The summed E-state index contributed by atoms with van der Waals surface area (Å²) in [7, 11) is 1.66. The van der Waals surface area contributed by atoms with Crippen molar-refractivity contribution < 1.29 is 19.1 Å². The maximum absolute atomic E-state index is 12.9. The van der Waals surface area contributed by atoms with Crippen LogP contribution in [0.2, 0.25) is 0 Å². The molecule has 3 rings (SSSR count). The quantitative estimate of drug-likeness (QED) is 0.589. The Hall–Kier alpha value is -3.06. The highest BCUT2D eigenvalue weighted by molar-refractivity contribution is 5.94. The molecule has 2 aromatic carbocycles. The first-order chi connectivity index (χ1) is 16.2. The zero-order valence-electron chi connectivity index (χ0n) is 20.7. The number of nitrogens with one attached hydrogen (secondary N) is 2. The Morgan fingerprint density at radius 1 is 0.941 bits per heavy atom. The van der Waals surface area contributed by atoms with Crippen molar-refractivity contribution in [3.05, 3.63) is 65.2 Å². The van der Waals surface area contributed by atoms with Crippen molar-refractivity contribution in [2.45, 2.75) is 58.2 Å². The van der Waals surface area contributed by atoms with Crippen LogP contribution < -0.4 is 15.4 Å². The van der Waals surface area contributed by atoms with Crippen molar-refractivity contribution in [2.24, 2.45) is 0 Å². The third kappa shape index (κ3) is 7.76. The van der Waals surface area contributed by atoms with Gasteiger partial charge in [-0.3, -0.25) is 9.69 Å². The molecule has 34 heavy (non-hydrogen) atoms. The number of rotatable bonds is 8. The van der Waals surface area contributed by atoms with E-state index in [2.05, 4.69) is 27.7 Å². The zero-order chi connectivity index (χ0) is 24.6. The normalized spacial score (nSPS) is 15.3. The van der Waals surface area contributed by atoms with Gasteiger partial charge in [-0.15, -0.1) is 0 Å². The smallest absolute Gasteiger partial charge is 0.407 e. The number of hydrogen-bond acceptors (Lipinski definition) is 5. The number of methoxy groups -OCH3 is 1. The molecule has 2 amide bonds. The third-order valence-corrected chi connectivity index (χ3v) is 5.84. The van der Waals surface area contributed by atoms with Gasteiger partial charge in [0.2, 0.25) is 0 Å². The predicted octanol–water partition coefficient (Wildman–Crippen LogP) is 4.68. The van der Waals surface area contributed by atoms with E-state index >= 15 is 0 Å². The molecular weight excluding hydrogens is 430 g/mol. The lowest BCUT2D eigenvalue weighted by atomic mass is 10.0. The number of alkyl carbamates (subject to hydrolysis) is 1. The summed E-state index contributed by atoms with van der Waals surface area (Å²) in [6.07, 6.45) is 3.16. The van der Waals surface area contributed by atoms with Crippen LogP contribution in [0, 0.1) is 0 Å². The predicted molar refractivity (Wildman–Crippen MR) is 133 cm³/mol. The van der Waals surface area contributed by atoms with E-state index < -0.39 is 11.7 Å². The van der Waals surface area contributed by atoms with Gasteiger partial charge in [0.05, 0.1) is 13.2 Å². The highest BCUT2D eigenvalue weighted by atomic mass is 16.6. The maximum atomic E-state index is 12.9. The summed E-state index contributed by atoms with van der Waals surface area (Å²) in [5.74, 6) is 0.716. The van der Waals surface area contributed by atoms with Crippen LogP contribution in [0.4, 0.5) is 4.79 Å². The summed E-state index contributed by atoms with van der Waals surface area (Å²) in [4.78, 5) is 27.1. The van der Waals surface area contributed by atoms with Gasteiger partial charge in [-0.05, 0) is 82.1 Å². The van der Waals surface area contributed by atoms with E-state index in [1.165, 1.54) is 24.8 Å². The van der Waals surface area contributed by atoms with Gasteiger partial charge in [-0.25, -0.2) is 4.79 Å². The highest BCUT2D eigenvalue weighted by Gasteiger charge is 2.23. The van der Waals surface area contributed by atoms with Crippen LogP contribution in [0.3, 0.4) is 0 Å². The van der Waals surface area contributed by atoms with Gasteiger partial charge in [0, 0.05) is 18.7 Å². The van der Waals surface area contributed by atoms with E-state index in [1.807, 2.05) is 45.0 Å². The Kier molecular flexibility index (Phi) is 8.93. The minimum atomic E-state index is -0.538. The number of benzene rings is 2. The maximum Gasteiger partial charge on any atom is 0.407 e. The average Bonchev–Trinajstić information content (AvgIpc) is 2.83. The minimum absolute atomic E-state index is 0.109. The molecule has 2 aromatic rings. The molecule has 1 saturated heterocycles. The molecule has 0 spiro atoms. The number of piperidine rings is 1. The molecule has 1 atom stereocenters. The lowest BCUT2D eigenvalue weighted by Crippen LogP contribution is -2.40. The zero-order valence-corrected chi connectivity index (χ0v) is 20.7. The van der Waals surface area contributed by atoms with Crippen molar-refractivity contribution in [3.8, 4) is 5.75 Å². The van der Waals surface area contributed by atoms with Gasteiger partial charge >= 0.3 is 6.09 Å². The number of hydrogen-bond donors (Lipinski definition) is 2. The van der Waals surface area contributed by atoms with Gasteiger partial charge in [0.1, 0.15) is 11.4 Å². The number of likely N-dealkylation sites (tertiary alicyclic amines) is 1. The fourth-order valence-electron chi connectivity index (χ4n) is 4.07.